The van der Waals surface area contributed by atoms with Crippen LogP contribution in [0.25, 0.3) is 5.76 Å². The summed E-state index contributed by atoms with van der Waals surface area (Å²) in [7, 11) is 3.94. The molecule has 6 nitrogen and oxygen atoms in total. The molecule has 1 saturated heterocycles. The van der Waals surface area contributed by atoms with Crippen LogP contribution < -0.4 is 4.74 Å². The Bertz CT molecular complexity index is 917. The van der Waals surface area contributed by atoms with Crippen LogP contribution in [0.2, 0.25) is 0 Å². The van der Waals surface area contributed by atoms with Crippen molar-refractivity contribution in [2.24, 2.45) is 0 Å². The fraction of sp³-hybridized carbons (Fsp3) is 0.391. The zero-order valence-electron chi connectivity index (χ0n) is 17.8. The first-order chi connectivity index (χ1) is 14.3. The number of Topliss-reactive ketones (excluding diaryl/α,β-unsaturated/α-hetero) is 1. The van der Waals surface area contributed by atoms with Crippen molar-refractivity contribution in [1.82, 2.24) is 9.80 Å². The minimum absolute atomic E-state index is 0.0377. The number of amides is 1. The predicted molar refractivity (Wildman–Crippen MR) is 119 cm³/mol. The first-order valence-electron chi connectivity index (χ1n) is 10.0. The monoisotopic (exact) mass is 428 g/mol. The van der Waals surface area contributed by atoms with E-state index in [1.54, 1.807) is 29.2 Å². The molecule has 0 radical (unpaired) electrons. The first-order valence-corrected chi connectivity index (χ1v) is 10.9. The van der Waals surface area contributed by atoms with E-state index in [0.29, 0.717) is 17.9 Å². The molecule has 1 atom stereocenters. The number of carbonyl (C=O) groups excluding carboxylic acids is 2. The van der Waals surface area contributed by atoms with Gasteiger partial charge < -0.3 is 19.6 Å². The molecule has 1 aromatic heterocycles. The van der Waals surface area contributed by atoms with E-state index < -0.39 is 17.7 Å². The van der Waals surface area contributed by atoms with Crippen molar-refractivity contribution in [3.8, 4) is 5.75 Å². The minimum atomic E-state index is -0.640. The summed E-state index contributed by atoms with van der Waals surface area (Å²) in [5, 5.41) is 12.9. The van der Waals surface area contributed by atoms with E-state index in [4.69, 9.17) is 4.74 Å². The molecule has 1 aliphatic heterocycles. The number of nitrogens with zero attached hydrogens (tertiary/aromatic N) is 2. The number of ketones is 1. The fourth-order valence-corrected chi connectivity index (χ4v) is 4.38. The zero-order valence-corrected chi connectivity index (χ0v) is 18.6. The van der Waals surface area contributed by atoms with Crippen molar-refractivity contribution in [2.75, 3.05) is 27.2 Å². The van der Waals surface area contributed by atoms with Gasteiger partial charge in [0.2, 0.25) is 0 Å². The normalized spacial score (nSPS) is 18.6. The summed E-state index contributed by atoms with van der Waals surface area (Å²) in [6.45, 7) is 5.13. The molecule has 3 rings (SSSR count). The largest absolute Gasteiger partial charge is 0.507 e. The highest BCUT2D eigenvalue weighted by molar-refractivity contribution is 7.10. The summed E-state index contributed by atoms with van der Waals surface area (Å²) in [5.74, 6) is -0.676. The second-order valence-corrected chi connectivity index (χ2v) is 8.83. The van der Waals surface area contributed by atoms with Crippen molar-refractivity contribution in [1.29, 1.82) is 0 Å². The molecular formula is C23H28N2O4S. The van der Waals surface area contributed by atoms with E-state index in [0.717, 1.165) is 17.8 Å². The van der Waals surface area contributed by atoms with E-state index in [1.807, 2.05) is 50.4 Å². The fourth-order valence-electron chi connectivity index (χ4n) is 3.53. The molecule has 0 aliphatic carbocycles. The van der Waals surface area contributed by atoms with Crippen LogP contribution >= 0.6 is 11.3 Å². The Labute approximate surface area is 181 Å². The number of hydrogen-bond donors (Lipinski definition) is 1. The average molecular weight is 429 g/mol. The number of ether oxygens (including phenoxy) is 1. The number of aliphatic hydroxyl groups is 1. The third-order valence-electron chi connectivity index (χ3n) is 4.86. The standard InChI is InChI=1S/C23H28N2O4S/c1-15(2)29-17-10-8-16(9-11-17)21(26)19-20(18-7-5-14-30-18)25(23(28)22(19)27)13-6-12-24(3)4/h5,7-11,14-15,20,26H,6,12-13H2,1-4H3/b21-19-. The van der Waals surface area contributed by atoms with Gasteiger partial charge in [-0.3, -0.25) is 9.59 Å². The molecule has 30 heavy (non-hydrogen) atoms. The van der Waals surface area contributed by atoms with E-state index >= 15 is 0 Å². The van der Waals surface area contributed by atoms with Crippen LogP contribution in [-0.4, -0.2) is 59.9 Å². The summed E-state index contributed by atoms with van der Waals surface area (Å²) in [5.41, 5.74) is 0.629. The van der Waals surface area contributed by atoms with Gasteiger partial charge in [0.15, 0.2) is 0 Å². The van der Waals surface area contributed by atoms with E-state index in [9.17, 15) is 14.7 Å². The van der Waals surface area contributed by atoms with Crippen LogP contribution in [0.4, 0.5) is 0 Å². The van der Waals surface area contributed by atoms with Crippen LogP contribution in [0, 0.1) is 0 Å². The topological polar surface area (TPSA) is 70.1 Å². The van der Waals surface area contributed by atoms with Crippen LogP contribution in [-0.2, 0) is 9.59 Å². The van der Waals surface area contributed by atoms with E-state index in [-0.39, 0.29) is 17.4 Å². The molecule has 0 saturated carbocycles. The minimum Gasteiger partial charge on any atom is -0.507 e. The smallest absolute Gasteiger partial charge is 0.295 e. The van der Waals surface area contributed by atoms with Crippen LogP contribution in [0.5, 0.6) is 5.75 Å². The Morgan fingerprint density at radius 3 is 2.47 bits per heavy atom. The number of thiophene rings is 1. The molecule has 1 aliphatic rings. The number of likely N-dealkylation sites (tertiary alicyclic amines) is 1. The molecule has 1 fully saturated rings. The molecular weight excluding hydrogens is 400 g/mol. The molecule has 1 aromatic carbocycles. The van der Waals surface area contributed by atoms with Gasteiger partial charge in [-0.25, -0.2) is 0 Å². The molecule has 2 aromatic rings. The first kappa shape index (κ1) is 22.1. The maximum absolute atomic E-state index is 12.9. The van der Waals surface area contributed by atoms with Crippen molar-refractivity contribution < 1.29 is 19.4 Å². The van der Waals surface area contributed by atoms with Gasteiger partial charge >= 0.3 is 0 Å². The Kier molecular flexibility index (Phi) is 6.95. The van der Waals surface area contributed by atoms with Crippen LogP contribution in [0.3, 0.4) is 0 Å². The summed E-state index contributed by atoms with van der Waals surface area (Å²) in [6.07, 6.45) is 0.777. The summed E-state index contributed by atoms with van der Waals surface area (Å²) in [4.78, 5) is 30.2. The molecule has 160 valence electrons. The third kappa shape index (κ3) is 4.74. The van der Waals surface area contributed by atoms with Gasteiger partial charge in [0, 0.05) is 17.0 Å². The lowest BCUT2D eigenvalue weighted by atomic mass is 10.00. The van der Waals surface area contributed by atoms with Gasteiger partial charge in [-0.05, 0) is 76.6 Å². The van der Waals surface area contributed by atoms with Crippen molar-refractivity contribution in [2.45, 2.75) is 32.4 Å². The lowest BCUT2D eigenvalue weighted by Crippen LogP contribution is -2.32. The third-order valence-corrected chi connectivity index (χ3v) is 5.78. The Balaban J connectivity index is 1.97. The number of rotatable bonds is 8. The van der Waals surface area contributed by atoms with Crippen LogP contribution in [0.1, 0.15) is 36.8 Å². The molecule has 7 heteroatoms. The highest BCUT2D eigenvalue weighted by atomic mass is 32.1. The zero-order chi connectivity index (χ0) is 21.8. The van der Waals surface area contributed by atoms with E-state index in [2.05, 4.69) is 0 Å². The maximum Gasteiger partial charge on any atom is 0.295 e. The average Bonchev–Trinajstić information content (AvgIpc) is 3.30. The van der Waals surface area contributed by atoms with Crippen molar-refractivity contribution in [3.05, 3.63) is 57.8 Å². The Morgan fingerprint density at radius 2 is 1.90 bits per heavy atom. The molecule has 1 amide bonds. The summed E-state index contributed by atoms with van der Waals surface area (Å²) in [6, 6.07) is 10.1. The summed E-state index contributed by atoms with van der Waals surface area (Å²) >= 11 is 1.47. The molecule has 0 bridgehead atoms. The summed E-state index contributed by atoms with van der Waals surface area (Å²) < 4.78 is 5.64. The van der Waals surface area contributed by atoms with Gasteiger partial charge in [0.25, 0.3) is 11.7 Å². The van der Waals surface area contributed by atoms with Crippen molar-refractivity contribution in [3.63, 3.8) is 0 Å². The molecule has 2 heterocycles. The van der Waals surface area contributed by atoms with Gasteiger partial charge in [0.1, 0.15) is 11.5 Å². The number of carbonyl (C=O) groups is 2. The van der Waals surface area contributed by atoms with Gasteiger partial charge in [-0.15, -0.1) is 11.3 Å². The number of benzene rings is 1. The van der Waals surface area contributed by atoms with Gasteiger partial charge in [-0.1, -0.05) is 6.07 Å². The Morgan fingerprint density at radius 1 is 1.20 bits per heavy atom. The highest BCUT2D eigenvalue weighted by Crippen LogP contribution is 2.41. The number of hydrogen-bond acceptors (Lipinski definition) is 6. The number of aliphatic hydroxyl groups excluding tert-OH is 1. The van der Waals surface area contributed by atoms with Gasteiger partial charge in [0.05, 0.1) is 17.7 Å². The molecule has 0 spiro atoms. The lowest BCUT2D eigenvalue weighted by molar-refractivity contribution is -0.139. The maximum atomic E-state index is 12.9. The van der Waals surface area contributed by atoms with Gasteiger partial charge in [-0.2, -0.15) is 0 Å². The second-order valence-electron chi connectivity index (χ2n) is 7.86. The SMILES string of the molecule is CC(C)Oc1ccc(/C(O)=C2/C(=O)C(=O)N(CCCN(C)C)C2c2cccs2)cc1. The second kappa shape index (κ2) is 9.45. The van der Waals surface area contributed by atoms with Crippen LogP contribution in [0.15, 0.2) is 47.4 Å². The molecule has 1 unspecified atom stereocenters. The Hall–Kier alpha value is -2.64. The highest BCUT2D eigenvalue weighted by Gasteiger charge is 2.46. The molecule has 1 N–H and O–H groups in total. The lowest BCUT2D eigenvalue weighted by Gasteiger charge is -2.24. The quantitative estimate of drug-likeness (QED) is 0.392. The predicted octanol–water partition coefficient (Wildman–Crippen LogP) is 3.91. The van der Waals surface area contributed by atoms with E-state index in [1.165, 1.54) is 11.3 Å². The van der Waals surface area contributed by atoms with Crippen molar-refractivity contribution >= 4 is 28.8 Å².